The molecule has 0 aromatic rings. The summed E-state index contributed by atoms with van der Waals surface area (Å²) in [6, 6.07) is 0. The minimum Gasteiger partial charge on any atom is -0.388 e. The predicted molar refractivity (Wildman–Crippen MR) is 81.0 cm³/mol. The molecular weight excluding hydrogens is 264 g/mol. The highest BCUT2D eigenvalue weighted by molar-refractivity contribution is 5.21. The molecule has 0 aromatic heterocycles. The molecule has 120 valence electrons. The summed E-state index contributed by atoms with van der Waals surface area (Å²) in [7, 11) is 0. The molecule has 5 atom stereocenters. The van der Waals surface area contributed by atoms with Crippen LogP contribution >= 0.6 is 0 Å². The van der Waals surface area contributed by atoms with E-state index in [1.807, 2.05) is 0 Å². The lowest BCUT2D eigenvalue weighted by atomic mass is 9.53. The van der Waals surface area contributed by atoms with Crippen molar-refractivity contribution in [3.8, 4) is 0 Å². The molecule has 0 amide bonds. The van der Waals surface area contributed by atoms with Crippen molar-refractivity contribution in [1.82, 2.24) is 0 Å². The zero-order valence-corrected chi connectivity index (χ0v) is 13.8. The first kappa shape index (κ1) is 14.5. The van der Waals surface area contributed by atoms with Crippen molar-refractivity contribution < 1.29 is 14.6 Å². The number of hydrogen-bond donors (Lipinski definition) is 1. The molecule has 2 bridgehead atoms. The summed E-state index contributed by atoms with van der Waals surface area (Å²) < 4.78 is 11.7. The van der Waals surface area contributed by atoms with Crippen molar-refractivity contribution in [1.29, 1.82) is 0 Å². The summed E-state index contributed by atoms with van der Waals surface area (Å²) in [6.45, 7) is 9.29. The van der Waals surface area contributed by atoms with Crippen molar-refractivity contribution in [3.63, 3.8) is 0 Å². The maximum atomic E-state index is 11.9. The number of ether oxygens (including phenoxy) is 2. The van der Waals surface area contributed by atoms with Gasteiger partial charge in [-0.1, -0.05) is 20.8 Å². The molecule has 0 aromatic carbocycles. The van der Waals surface area contributed by atoms with Gasteiger partial charge in [-0.25, -0.2) is 0 Å². The van der Waals surface area contributed by atoms with Gasteiger partial charge in [0.25, 0.3) is 0 Å². The Morgan fingerprint density at radius 1 is 0.952 bits per heavy atom. The first-order chi connectivity index (χ1) is 9.83. The lowest BCUT2D eigenvalue weighted by Crippen LogP contribution is -2.61. The van der Waals surface area contributed by atoms with Crippen LogP contribution in [0.2, 0.25) is 0 Å². The highest BCUT2D eigenvalue weighted by Gasteiger charge is 2.71. The third-order valence-electron chi connectivity index (χ3n) is 7.82. The van der Waals surface area contributed by atoms with Crippen LogP contribution in [0.5, 0.6) is 0 Å². The van der Waals surface area contributed by atoms with Crippen LogP contribution in [0.25, 0.3) is 0 Å². The zero-order valence-electron chi connectivity index (χ0n) is 13.8. The van der Waals surface area contributed by atoms with Crippen molar-refractivity contribution in [2.45, 2.75) is 70.5 Å². The van der Waals surface area contributed by atoms with E-state index in [1.54, 1.807) is 0 Å². The number of aliphatic hydroxyl groups is 1. The molecule has 2 saturated carbocycles. The van der Waals surface area contributed by atoms with E-state index in [1.165, 1.54) is 19.3 Å². The van der Waals surface area contributed by atoms with Crippen LogP contribution in [0, 0.1) is 22.7 Å². The number of fused-ring (bicyclic) bond motifs is 2. The van der Waals surface area contributed by atoms with Gasteiger partial charge in [-0.2, -0.15) is 0 Å². The quantitative estimate of drug-likeness (QED) is 0.807. The lowest BCUT2D eigenvalue weighted by Gasteiger charge is -2.57. The van der Waals surface area contributed by atoms with E-state index in [9.17, 15) is 5.11 Å². The van der Waals surface area contributed by atoms with E-state index >= 15 is 0 Å². The largest absolute Gasteiger partial charge is 0.388 e. The van der Waals surface area contributed by atoms with Crippen LogP contribution in [-0.4, -0.2) is 36.1 Å². The van der Waals surface area contributed by atoms with Gasteiger partial charge in [0, 0.05) is 19.6 Å². The molecule has 2 aliphatic heterocycles. The molecule has 3 nitrogen and oxygen atoms in total. The Balaban J connectivity index is 1.68. The smallest absolute Gasteiger partial charge is 0.0940 e. The SMILES string of the molecule is CC12CCC(C1)C(C)(C)C2(O)C1CCOC2(CCOC2)C1. The molecule has 1 N–H and O–H groups in total. The van der Waals surface area contributed by atoms with Crippen molar-refractivity contribution >= 4 is 0 Å². The highest BCUT2D eigenvalue weighted by atomic mass is 16.6. The Kier molecular flexibility index (Phi) is 2.92. The Hall–Kier alpha value is -0.120. The van der Waals surface area contributed by atoms with E-state index < -0.39 is 5.60 Å². The van der Waals surface area contributed by atoms with Crippen LogP contribution < -0.4 is 0 Å². The molecule has 2 aliphatic carbocycles. The Morgan fingerprint density at radius 3 is 2.38 bits per heavy atom. The van der Waals surface area contributed by atoms with Gasteiger partial charge < -0.3 is 14.6 Å². The van der Waals surface area contributed by atoms with Crippen molar-refractivity contribution in [3.05, 3.63) is 0 Å². The standard InChI is InChI=1S/C18H30O3/c1-15(2)13-4-6-16(3,10-13)18(15,19)14-5-8-21-17(11-14)7-9-20-12-17/h13-14,19H,4-12H2,1-3H3. The van der Waals surface area contributed by atoms with E-state index in [0.717, 1.165) is 39.1 Å². The van der Waals surface area contributed by atoms with Crippen molar-refractivity contribution in [2.24, 2.45) is 22.7 Å². The Labute approximate surface area is 128 Å². The second-order valence-electron chi connectivity index (χ2n) is 9.01. The fraction of sp³-hybridized carbons (Fsp3) is 1.00. The number of rotatable bonds is 1. The van der Waals surface area contributed by atoms with Gasteiger partial charge in [0.05, 0.1) is 17.8 Å². The highest BCUT2D eigenvalue weighted by Crippen LogP contribution is 2.71. The summed E-state index contributed by atoms with van der Waals surface area (Å²) >= 11 is 0. The van der Waals surface area contributed by atoms with E-state index in [2.05, 4.69) is 20.8 Å². The second kappa shape index (κ2) is 4.24. The first-order valence-corrected chi connectivity index (χ1v) is 8.77. The summed E-state index contributed by atoms with van der Waals surface area (Å²) in [5, 5.41) is 11.9. The third kappa shape index (κ3) is 1.66. The van der Waals surface area contributed by atoms with Crippen LogP contribution in [0.1, 0.15) is 59.3 Å². The van der Waals surface area contributed by atoms with Crippen molar-refractivity contribution in [2.75, 3.05) is 19.8 Å². The molecule has 3 heteroatoms. The normalized spacial score (nSPS) is 55.4. The Morgan fingerprint density at radius 2 is 1.76 bits per heavy atom. The van der Waals surface area contributed by atoms with Gasteiger partial charge in [-0.15, -0.1) is 0 Å². The average molecular weight is 294 g/mol. The first-order valence-electron chi connectivity index (χ1n) is 8.77. The van der Waals surface area contributed by atoms with Crippen LogP contribution in [0.15, 0.2) is 0 Å². The number of hydrogen-bond acceptors (Lipinski definition) is 3. The van der Waals surface area contributed by atoms with Crippen LogP contribution in [-0.2, 0) is 9.47 Å². The van der Waals surface area contributed by atoms with Gasteiger partial charge >= 0.3 is 0 Å². The minimum absolute atomic E-state index is 0.0304. The van der Waals surface area contributed by atoms with Gasteiger partial charge in [-0.05, 0) is 54.8 Å². The molecule has 2 heterocycles. The molecule has 2 saturated heterocycles. The zero-order chi connectivity index (χ0) is 14.9. The van der Waals surface area contributed by atoms with Gasteiger partial charge in [0.15, 0.2) is 0 Å². The van der Waals surface area contributed by atoms with E-state index in [0.29, 0.717) is 11.8 Å². The average Bonchev–Trinajstić information content (AvgIpc) is 3.08. The summed E-state index contributed by atoms with van der Waals surface area (Å²) in [5.74, 6) is 1.05. The lowest BCUT2D eigenvalue weighted by molar-refractivity contribution is -0.219. The van der Waals surface area contributed by atoms with E-state index in [-0.39, 0.29) is 16.4 Å². The van der Waals surface area contributed by atoms with Gasteiger partial charge in [-0.3, -0.25) is 0 Å². The topological polar surface area (TPSA) is 38.7 Å². The van der Waals surface area contributed by atoms with Crippen LogP contribution in [0.4, 0.5) is 0 Å². The molecule has 4 fully saturated rings. The van der Waals surface area contributed by atoms with Gasteiger partial charge in [0.1, 0.15) is 0 Å². The fourth-order valence-corrected chi connectivity index (χ4v) is 6.56. The van der Waals surface area contributed by atoms with Crippen LogP contribution in [0.3, 0.4) is 0 Å². The predicted octanol–water partition coefficient (Wildman–Crippen LogP) is 3.15. The minimum atomic E-state index is -0.539. The molecule has 5 unspecified atom stereocenters. The maximum Gasteiger partial charge on any atom is 0.0940 e. The molecular formula is C18H30O3. The molecule has 4 rings (SSSR count). The maximum absolute atomic E-state index is 11.9. The Bertz CT molecular complexity index is 433. The third-order valence-corrected chi connectivity index (χ3v) is 7.82. The monoisotopic (exact) mass is 294 g/mol. The van der Waals surface area contributed by atoms with E-state index in [4.69, 9.17) is 9.47 Å². The van der Waals surface area contributed by atoms with Gasteiger partial charge in [0.2, 0.25) is 0 Å². The second-order valence-corrected chi connectivity index (χ2v) is 9.01. The molecule has 4 aliphatic rings. The summed E-state index contributed by atoms with van der Waals surface area (Å²) in [4.78, 5) is 0. The molecule has 0 radical (unpaired) electrons. The summed E-state index contributed by atoms with van der Waals surface area (Å²) in [5.41, 5.74) is -0.512. The molecule has 1 spiro atoms. The molecule has 21 heavy (non-hydrogen) atoms. The summed E-state index contributed by atoms with van der Waals surface area (Å²) in [6.07, 6.45) is 6.68. The fourth-order valence-electron chi connectivity index (χ4n) is 6.56.